The van der Waals surface area contributed by atoms with Crippen LogP contribution in [0.5, 0.6) is 0 Å². The van der Waals surface area contributed by atoms with Crippen molar-refractivity contribution in [1.29, 1.82) is 0 Å². The lowest BCUT2D eigenvalue weighted by molar-refractivity contribution is -0.125. The van der Waals surface area contributed by atoms with Crippen molar-refractivity contribution in [1.82, 2.24) is 0 Å². The smallest absolute Gasteiger partial charge is 0.160 e. The van der Waals surface area contributed by atoms with Gasteiger partial charge in [0.1, 0.15) is 6.61 Å². The Kier molecular flexibility index (Phi) is 4.32. The highest BCUT2D eigenvalue weighted by atomic mass is 16.3. The van der Waals surface area contributed by atoms with E-state index in [1.807, 2.05) is 13.8 Å². The molecule has 0 saturated heterocycles. The molecule has 1 unspecified atom stereocenters. The lowest BCUT2D eigenvalue weighted by Crippen LogP contribution is -2.14. The SMILES string of the molecule is CCCC(C)C(=O)CO. The number of hydrogen-bond acceptors (Lipinski definition) is 2. The summed E-state index contributed by atoms with van der Waals surface area (Å²) >= 11 is 0. The number of hydrogen-bond donors (Lipinski definition) is 1. The molecule has 9 heavy (non-hydrogen) atoms. The van der Waals surface area contributed by atoms with Gasteiger partial charge in [-0.3, -0.25) is 4.79 Å². The van der Waals surface area contributed by atoms with Gasteiger partial charge in [0.2, 0.25) is 0 Å². The molecule has 2 heteroatoms. The van der Waals surface area contributed by atoms with E-state index in [2.05, 4.69) is 0 Å². The number of carbonyl (C=O) groups excluding carboxylic acids is 1. The molecule has 0 amide bonds. The summed E-state index contributed by atoms with van der Waals surface area (Å²) in [6.45, 7) is 3.57. The Hall–Kier alpha value is -0.370. The van der Waals surface area contributed by atoms with E-state index in [0.717, 1.165) is 12.8 Å². The Balaban J connectivity index is 3.45. The molecule has 0 aliphatic rings. The van der Waals surface area contributed by atoms with Crippen LogP contribution in [0, 0.1) is 5.92 Å². The van der Waals surface area contributed by atoms with Crippen LogP contribution in [0.2, 0.25) is 0 Å². The zero-order chi connectivity index (χ0) is 7.28. The summed E-state index contributed by atoms with van der Waals surface area (Å²) in [5, 5.41) is 8.38. The molecule has 0 rings (SSSR count). The Morgan fingerprint density at radius 2 is 2.22 bits per heavy atom. The first-order chi connectivity index (χ1) is 4.22. The molecule has 1 N–H and O–H groups in total. The molecule has 0 spiro atoms. The van der Waals surface area contributed by atoms with Crippen molar-refractivity contribution in [3.63, 3.8) is 0 Å². The zero-order valence-electron chi connectivity index (χ0n) is 6.05. The van der Waals surface area contributed by atoms with Crippen LogP contribution in [0.1, 0.15) is 26.7 Å². The van der Waals surface area contributed by atoms with Crippen LogP contribution in [-0.2, 0) is 4.79 Å². The van der Waals surface area contributed by atoms with Crippen molar-refractivity contribution >= 4 is 5.78 Å². The predicted molar refractivity (Wildman–Crippen MR) is 36.2 cm³/mol. The molecule has 54 valence electrons. The van der Waals surface area contributed by atoms with E-state index >= 15 is 0 Å². The summed E-state index contributed by atoms with van der Waals surface area (Å²) in [5.41, 5.74) is 0. The monoisotopic (exact) mass is 130 g/mol. The highest BCUT2D eigenvalue weighted by Gasteiger charge is 2.08. The van der Waals surface area contributed by atoms with E-state index in [-0.39, 0.29) is 18.3 Å². The Labute approximate surface area is 55.9 Å². The minimum Gasteiger partial charge on any atom is -0.389 e. The fourth-order valence-electron chi connectivity index (χ4n) is 0.750. The van der Waals surface area contributed by atoms with Gasteiger partial charge in [-0.2, -0.15) is 0 Å². The van der Waals surface area contributed by atoms with Gasteiger partial charge in [0, 0.05) is 5.92 Å². The van der Waals surface area contributed by atoms with E-state index in [1.54, 1.807) is 0 Å². The lowest BCUT2D eigenvalue weighted by Gasteiger charge is -2.04. The molecule has 0 aliphatic heterocycles. The predicted octanol–water partition coefficient (Wildman–Crippen LogP) is 0.984. The maximum Gasteiger partial charge on any atom is 0.160 e. The fourth-order valence-corrected chi connectivity index (χ4v) is 0.750. The molecule has 0 saturated carbocycles. The molecule has 1 atom stereocenters. The van der Waals surface area contributed by atoms with Gasteiger partial charge in [-0.25, -0.2) is 0 Å². The third-order valence-corrected chi connectivity index (χ3v) is 1.43. The van der Waals surface area contributed by atoms with Crippen LogP contribution in [-0.4, -0.2) is 17.5 Å². The topological polar surface area (TPSA) is 37.3 Å². The molecule has 0 radical (unpaired) electrons. The van der Waals surface area contributed by atoms with Crippen molar-refractivity contribution in [3.8, 4) is 0 Å². The average Bonchev–Trinajstić information content (AvgIpc) is 1.87. The number of rotatable bonds is 4. The molecule has 0 bridgehead atoms. The third-order valence-electron chi connectivity index (χ3n) is 1.43. The Morgan fingerprint density at radius 3 is 2.56 bits per heavy atom. The summed E-state index contributed by atoms with van der Waals surface area (Å²) in [6, 6.07) is 0. The molecule has 0 aliphatic carbocycles. The molecule has 2 nitrogen and oxygen atoms in total. The normalized spacial score (nSPS) is 13.2. The number of Topliss-reactive ketones (excluding diaryl/α,β-unsaturated/α-hetero) is 1. The average molecular weight is 130 g/mol. The highest BCUT2D eigenvalue weighted by Crippen LogP contribution is 2.04. The van der Waals surface area contributed by atoms with E-state index in [0.29, 0.717) is 0 Å². The maximum atomic E-state index is 10.7. The number of carbonyl (C=O) groups is 1. The van der Waals surface area contributed by atoms with E-state index in [9.17, 15) is 4.79 Å². The summed E-state index contributed by atoms with van der Waals surface area (Å²) in [6.07, 6.45) is 1.90. The van der Waals surface area contributed by atoms with Crippen molar-refractivity contribution in [2.45, 2.75) is 26.7 Å². The second kappa shape index (κ2) is 4.50. The van der Waals surface area contributed by atoms with Gasteiger partial charge in [-0.05, 0) is 6.42 Å². The van der Waals surface area contributed by atoms with Crippen molar-refractivity contribution in [2.24, 2.45) is 5.92 Å². The minimum atomic E-state index is -0.304. The summed E-state index contributed by atoms with van der Waals surface area (Å²) < 4.78 is 0. The summed E-state index contributed by atoms with van der Waals surface area (Å²) in [4.78, 5) is 10.7. The van der Waals surface area contributed by atoms with Gasteiger partial charge in [-0.15, -0.1) is 0 Å². The molecule has 0 heterocycles. The van der Waals surface area contributed by atoms with E-state index in [4.69, 9.17) is 5.11 Å². The van der Waals surface area contributed by atoms with Gasteiger partial charge in [-0.1, -0.05) is 20.3 Å². The largest absolute Gasteiger partial charge is 0.389 e. The molecular weight excluding hydrogens is 116 g/mol. The zero-order valence-corrected chi connectivity index (χ0v) is 6.05. The van der Waals surface area contributed by atoms with Gasteiger partial charge < -0.3 is 5.11 Å². The minimum absolute atomic E-state index is 0.0417. The van der Waals surface area contributed by atoms with Crippen LogP contribution in [0.25, 0.3) is 0 Å². The van der Waals surface area contributed by atoms with Crippen LogP contribution < -0.4 is 0 Å². The number of aliphatic hydroxyl groups is 1. The molecule has 0 fully saturated rings. The Morgan fingerprint density at radius 1 is 1.67 bits per heavy atom. The first-order valence-corrected chi connectivity index (χ1v) is 3.36. The quantitative estimate of drug-likeness (QED) is 0.616. The van der Waals surface area contributed by atoms with Gasteiger partial charge >= 0.3 is 0 Å². The van der Waals surface area contributed by atoms with Crippen molar-refractivity contribution < 1.29 is 9.90 Å². The molecule has 0 aromatic carbocycles. The van der Waals surface area contributed by atoms with Gasteiger partial charge in [0.15, 0.2) is 5.78 Å². The second-order valence-electron chi connectivity index (χ2n) is 2.31. The second-order valence-corrected chi connectivity index (χ2v) is 2.31. The maximum absolute atomic E-state index is 10.7. The van der Waals surface area contributed by atoms with Crippen molar-refractivity contribution in [2.75, 3.05) is 6.61 Å². The van der Waals surface area contributed by atoms with E-state index in [1.165, 1.54) is 0 Å². The molecule has 0 aromatic heterocycles. The summed E-state index contributed by atoms with van der Waals surface area (Å²) in [7, 11) is 0. The third kappa shape index (κ3) is 3.25. The van der Waals surface area contributed by atoms with Gasteiger partial charge in [0.05, 0.1) is 0 Å². The van der Waals surface area contributed by atoms with E-state index < -0.39 is 0 Å². The highest BCUT2D eigenvalue weighted by molar-refractivity contribution is 5.81. The fraction of sp³-hybridized carbons (Fsp3) is 0.857. The Bertz CT molecular complexity index is 88.9. The first-order valence-electron chi connectivity index (χ1n) is 3.36. The van der Waals surface area contributed by atoms with Crippen LogP contribution in [0.4, 0.5) is 0 Å². The molecular formula is C7H14O2. The van der Waals surface area contributed by atoms with Crippen molar-refractivity contribution in [3.05, 3.63) is 0 Å². The number of ketones is 1. The number of aliphatic hydroxyl groups excluding tert-OH is 1. The first kappa shape index (κ1) is 8.63. The standard InChI is InChI=1S/C7H14O2/c1-3-4-6(2)7(9)5-8/h6,8H,3-5H2,1-2H3. The lowest BCUT2D eigenvalue weighted by atomic mass is 10.0. The van der Waals surface area contributed by atoms with Gasteiger partial charge in [0.25, 0.3) is 0 Å². The van der Waals surface area contributed by atoms with Crippen LogP contribution >= 0.6 is 0 Å². The van der Waals surface area contributed by atoms with Crippen LogP contribution in [0.15, 0.2) is 0 Å². The summed E-state index contributed by atoms with van der Waals surface area (Å²) in [5.74, 6) is -0.00292. The molecule has 0 aromatic rings. The van der Waals surface area contributed by atoms with Crippen LogP contribution in [0.3, 0.4) is 0 Å².